The van der Waals surface area contributed by atoms with Crippen LogP contribution in [0.25, 0.3) is 10.8 Å². The summed E-state index contributed by atoms with van der Waals surface area (Å²) in [6, 6.07) is 9.36. The summed E-state index contributed by atoms with van der Waals surface area (Å²) in [5, 5.41) is 12.1. The lowest BCUT2D eigenvalue weighted by Gasteiger charge is -2.25. The molecule has 1 saturated heterocycles. The van der Waals surface area contributed by atoms with Crippen molar-refractivity contribution < 1.29 is 19.4 Å². The molecule has 3 aliphatic rings. The van der Waals surface area contributed by atoms with Crippen LogP contribution in [0.3, 0.4) is 0 Å². The van der Waals surface area contributed by atoms with Crippen molar-refractivity contribution >= 4 is 50.9 Å². The standard InChI is InChI=1S/C30H34IN5O4/c1-34(2)17-30(9-10-30)18-40-29-32-25-16-36(15-23(25)27(33-29)35-11-4-6-20(37)8-12-35)28(39)22-14-21(38)13-19-5-3-7-24(31)26(19)22/h3,5,7,13-14,38H,4,6,8-12,15-18H2,1-2H3. The Kier molecular flexibility index (Phi) is 7.32. The van der Waals surface area contributed by atoms with Crippen molar-refractivity contribution in [2.24, 2.45) is 5.41 Å². The van der Waals surface area contributed by atoms with Gasteiger partial charge in [-0.25, -0.2) is 0 Å². The molecule has 1 aromatic heterocycles. The van der Waals surface area contributed by atoms with Crippen molar-refractivity contribution in [2.75, 3.05) is 45.2 Å². The normalized spacial score (nSPS) is 18.2. The van der Waals surface area contributed by atoms with Gasteiger partial charge in [-0.3, -0.25) is 9.59 Å². The molecular weight excluding hydrogens is 621 g/mol. The van der Waals surface area contributed by atoms with Gasteiger partial charge in [-0.2, -0.15) is 9.97 Å². The Balaban J connectivity index is 1.32. The average molecular weight is 656 g/mol. The summed E-state index contributed by atoms with van der Waals surface area (Å²) in [5.74, 6) is 0.932. The molecule has 10 heteroatoms. The predicted octanol–water partition coefficient (Wildman–Crippen LogP) is 4.38. The number of aromatic hydroxyl groups is 1. The Labute approximate surface area is 247 Å². The fraction of sp³-hybridized carbons (Fsp3) is 0.467. The Hall–Kier alpha value is -2.99. The summed E-state index contributed by atoms with van der Waals surface area (Å²) >= 11 is 2.24. The lowest BCUT2D eigenvalue weighted by molar-refractivity contribution is -0.118. The number of rotatable bonds is 7. The number of phenols is 1. The Morgan fingerprint density at radius 2 is 1.98 bits per heavy atom. The maximum atomic E-state index is 13.9. The molecule has 1 saturated carbocycles. The molecule has 40 heavy (non-hydrogen) atoms. The second kappa shape index (κ2) is 10.8. The van der Waals surface area contributed by atoms with Crippen molar-refractivity contribution in [3.63, 3.8) is 0 Å². The highest BCUT2D eigenvalue weighted by Gasteiger charge is 2.44. The van der Waals surface area contributed by atoms with Crippen LogP contribution in [0.2, 0.25) is 0 Å². The molecule has 9 nitrogen and oxygen atoms in total. The van der Waals surface area contributed by atoms with Crippen LogP contribution in [-0.4, -0.2) is 76.9 Å². The van der Waals surface area contributed by atoms with Crippen molar-refractivity contribution in [1.82, 2.24) is 19.8 Å². The maximum absolute atomic E-state index is 13.9. The molecule has 1 amide bonds. The van der Waals surface area contributed by atoms with Gasteiger partial charge in [-0.15, -0.1) is 0 Å². The molecule has 2 aliphatic heterocycles. The van der Waals surface area contributed by atoms with Gasteiger partial charge in [0.05, 0.1) is 31.0 Å². The quantitative estimate of drug-likeness (QED) is 0.375. The summed E-state index contributed by atoms with van der Waals surface area (Å²) in [6.45, 7) is 3.52. The SMILES string of the molecule is CN(C)CC1(COc2nc3c(c(N4CCCC(=O)CC4)n2)CN(C(=O)c2cc(O)cc4cccc(I)c24)C3)CC1. The third kappa shape index (κ3) is 5.47. The lowest BCUT2D eigenvalue weighted by atomic mass is 10.0. The zero-order valence-electron chi connectivity index (χ0n) is 23.0. The number of hydrogen-bond acceptors (Lipinski definition) is 8. The molecule has 3 aromatic rings. The van der Waals surface area contributed by atoms with Gasteiger partial charge >= 0.3 is 6.01 Å². The van der Waals surface area contributed by atoms with E-state index < -0.39 is 0 Å². The van der Waals surface area contributed by atoms with Crippen LogP contribution in [0, 0.1) is 8.99 Å². The first-order valence-corrected chi connectivity index (χ1v) is 14.9. The lowest BCUT2D eigenvalue weighted by Crippen LogP contribution is -2.29. The summed E-state index contributed by atoms with van der Waals surface area (Å²) in [4.78, 5) is 41.9. The fourth-order valence-electron chi connectivity index (χ4n) is 5.98. The average Bonchev–Trinajstić information content (AvgIpc) is 3.59. The molecule has 0 bridgehead atoms. The molecule has 210 valence electrons. The number of fused-ring (bicyclic) bond motifs is 2. The molecule has 2 aromatic carbocycles. The van der Waals surface area contributed by atoms with Gasteiger partial charge in [0, 0.05) is 52.4 Å². The number of amides is 1. The first-order valence-electron chi connectivity index (χ1n) is 13.9. The van der Waals surface area contributed by atoms with Crippen LogP contribution in [-0.2, 0) is 17.9 Å². The Bertz CT molecular complexity index is 1490. The topological polar surface area (TPSA) is 99.1 Å². The molecule has 1 N–H and O–H groups in total. The molecule has 2 fully saturated rings. The highest BCUT2D eigenvalue weighted by Crippen LogP contribution is 2.46. The van der Waals surface area contributed by atoms with E-state index in [-0.39, 0.29) is 22.9 Å². The van der Waals surface area contributed by atoms with Crippen LogP contribution in [0.1, 0.15) is 53.7 Å². The zero-order chi connectivity index (χ0) is 28.0. The number of Topliss-reactive ketones (excluding diaryl/α,β-unsaturated/α-hetero) is 1. The number of carbonyl (C=O) groups is 2. The second-order valence-electron chi connectivity index (χ2n) is 11.7. The molecule has 0 radical (unpaired) electrons. The molecule has 0 spiro atoms. The van der Waals surface area contributed by atoms with Gasteiger partial charge in [-0.05, 0) is 79.5 Å². The monoisotopic (exact) mass is 655 g/mol. The number of anilines is 1. The van der Waals surface area contributed by atoms with E-state index in [1.807, 2.05) is 18.2 Å². The van der Waals surface area contributed by atoms with E-state index >= 15 is 0 Å². The van der Waals surface area contributed by atoms with Gasteiger partial charge in [0.25, 0.3) is 5.91 Å². The number of carbonyl (C=O) groups excluding carboxylic acids is 2. The van der Waals surface area contributed by atoms with E-state index in [2.05, 4.69) is 46.5 Å². The molecule has 1 aliphatic carbocycles. The predicted molar refractivity (Wildman–Crippen MR) is 161 cm³/mol. The number of ether oxygens (including phenoxy) is 1. The molecule has 3 heterocycles. The third-order valence-corrected chi connectivity index (χ3v) is 9.03. The van der Waals surface area contributed by atoms with Gasteiger partial charge in [-0.1, -0.05) is 12.1 Å². The fourth-order valence-corrected chi connectivity index (χ4v) is 6.79. The van der Waals surface area contributed by atoms with E-state index in [0.717, 1.165) is 63.8 Å². The zero-order valence-corrected chi connectivity index (χ0v) is 25.1. The second-order valence-corrected chi connectivity index (χ2v) is 12.8. The minimum absolute atomic E-state index is 0.0618. The molecular formula is C30H34IN5O4. The first-order chi connectivity index (χ1) is 19.2. The van der Waals surface area contributed by atoms with Crippen LogP contribution >= 0.6 is 22.6 Å². The van der Waals surface area contributed by atoms with E-state index in [1.54, 1.807) is 17.0 Å². The number of hydrogen-bond donors (Lipinski definition) is 1. The van der Waals surface area contributed by atoms with Crippen LogP contribution in [0.4, 0.5) is 5.82 Å². The van der Waals surface area contributed by atoms with Crippen molar-refractivity contribution in [3.05, 3.63) is 50.7 Å². The summed E-state index contributed by atoms with van der Waals surface area (Å²) in [7, 11) is 4.15. The van der Waals surface area contributed by atoms with Gasteiger partial charge in [0.1, 0.15) is 17.4 Å². The Morgan fingerprint density at radius 3 is 2.75 bits per heavy atom. The summed E-state index contributed by atoms with van der Waals surface area (Å²) in [5.41, 5.74) is 2.29. The van der Waals surface area contributed by atoms with E-state index in [0.29, 0.717) is 50.7 Å². The smallest absolute Gasteiger partial charge is 0.318 e. The van der Waals surface area contributed by atoms with Crippen LogP contribution in [0.5, 0.6) is 11.8 Å². The van der Waals surface area contributed by atoms with E-state index in [4.69, 9.17) is 14.7 Å². The maximum Gasteiger partial charge on any atom is 0.318 e. The minimum atomic E-state index is -0.162. The molecule has 0 unspecified atom stereocenters. The largest absolute Gasteiger partial charge is 0.508 e. The molecule has 0 atom stereocenters. The van der Waals surface area contributed by atoms with Gasteiger partial charge in [0.2, 0.25) is 0 Å². The van der Waals surface area contributed by atoms with Crippen molar-refractivity contribution in [1.29, 1.82) is 0 Å². The van der Waals surface area contributed by atoms with Gasteiger partial charge in [0.15, 0.2) is 0 Å². The minimum Gasteiger partial charge on any atom is -0.508 e. The summed E-state index contributed by atoms with van der Waals surface area (Å²) in [6.07, 6.45) is 4.08. The number of benzene rings is 2. The number of ketones is 1. The number of phenolic OH excluding ortho intramolecular Hbond substituents is 1. The number of nitrogens with zero attached hydrogens (tertiary/aromatic N) is 5. The van der Waals surface area contributed by atoms with E-state index in [1.165, 1.54) is 0 Å². The van der Waals surface area contributed by atoms with Crippen LogP contribution in [0.15, 0.2) is 30.3 Å². The van der Waals surface area contributed by atoms with E-state index in [9.17, 15) is 14.7 Å². The van der Waals surface area contributed by atoms with Gasteiger partial charge < -0.3 is 24.5 Å². The highest BCUT2D eigenvalue weighted by atomic mass is 127. The highest BCUT2D eigenvalue weighted by molar-refractivity contribution is 14.1. The van der Waals surface area contributed by atoms with Crippen LogP contribution < -0.4 is 9.64 Å². The number of aromatic nitrogens is 2. The molecule has 6 rings (SSSR count). The number of halogens is 1. The summed E-state index contributed by atoms with van der Waals surface area (Å²) < 4.78 is 7.18. The Morgan fingerprint density at radius 1 is 1.15 bits per heavy atom. The first kappa shape index (κ1) is 27.2. The van der Waals surface area contributed by atoms with Crippen molar-refractivity contribution in [2.45, 2.75) is 45.2 Å². The van der Waals surface area contributed by atoms with Crippen molar-refractivity contribution in [3.8, 4) is 11.8 Å². The third-order valence-electron chi connectivity index (χ3n) is 8.13.